The molecule has 6 nitrogen and oxygen atoms in total. The minimum Gasteiger partial charge on any atom is -0.443 e. The molecule has 0 aromatic heterocycles. The van der Waals surface area contributed by atoms with E-state index in [1.807, 2.05) is 26.0 Å². The Labute approximate surface area is 166 Å². The number of rotatable bonds is 4. The van der Waals surface area contributed by atoms with Gasteiger partial charge in [0.15, 0.2) is 0 Å². The van der Waals surface area contributed by atoms with E-state index in [9.17, 15) is 17.8 Å². The first-order chi connectivity index (χ1) is 12.8. The Morgan fingerprint density at radius 2 is 1.68 bits per heavy atom. The predicted molar refractivity (Wildman–Crippen MR) is 110 cm³/mol. The molecule has 0 radical (unpaired) electrons. The van der Waals surface area contributed by atoms with Gasteiger partial charge >= 0.3 is 6.09 Å². The summed E-state index contributed by atoms with van der Waals surface area (Å²) in [6.45, 7) is 9.15. The Morgan fingerprint density at radius 3 is 2.18 bits per heavy atom. The summed E-state index contributed by atoms with van der Waals surface area (Å²) in [5, 5.41) is 0. The van der Waals surface area contributed by atoms with Crippen LogP contribution in [0.25, 0.3) is 0 Å². The van der Waals surface area contributed by atoms with Crippen molar-refractivity contribution in [3.05, 3.63) is 59.2 Å². The van der Waals surface area contributed by atoms with E-state index < -0.39 is 21.8 Å². The van der Waals surface area contributed by atoms with Gasteiger partial charge < -0.3 is 4.74 Å². The van der Waals surface area contributed by atoms with Gasteiger partial charge in [-0.2, -0.15) is 8.42 Å². The third-order valence-electron chi connectivity index (χ3n) is 4.36. The van der Waals surface area contributed by atoms with Gasteiger partial charge in [-0.3, -0.25) is 9.45 Å². The number of amides is 1. The van der Waals surface area contributed by atoms with Gasteiger partial charge in [-0.1, -0.05) is 36.8 Å². The van der Waals surface area contributed by atoms with Crippen molar-refractivity contribution in [1.29, 1.82) is 0 Å². The topological polar surface area (TPSA) is 83.9 Å². The smallest absolute Gasteiger partial charge is 0.414 e. The molecule has 1 atom stereocenters. The highest BCUT2D eigenvalue weighted by atomic mass is 32.2. The molecule has 0 fully saturated rings. The number of benzene rings is 2. The molecule has 2 aromatic rings. The fraction of sp³-hybridized carbons (Fsp3) is 0.381. The Kier molecular flexibility index (Phi) is 6.21. The maximum absolute atomic E-state index is 12.2. The van der Waals surface area contributed by atoms with E-state index in [2.05, 4.69) is 0 Å². The van der Waals surface area contributed by atoms with E-state index in [0.29, 0.717) is 11.3 Å². The molecule has 1 N–H and O–H groups in total. The Balaban J connectivity index is 2.32. The lowest BCUT2D eigenvalue weighted by Gasteiger charge is -2.25. The monoisotopic (exact) mass is 405 g/mol. The van der Waals surface area contributed by atoms with E-state index >= 15 is 0 Å². The van der Waals surface area contributed by atoms with E-state index in [1.165, 1.54) is 11.0 Å². The van der Waals surface area contributed by atoms with Crippen LogP contribution in [0.4, 0.5) is 10.5 Å². The van der Waals surface area contributed by atoms with Gasteiger partial charge in [-0.15, -0.1) is 0 Å². The second-order valence-corrected chi connectivity index (χ2v) is 9.26. The van der Waals surface area contributed by atoms with Gasteiger partial charge in [0.05, 0.1) is 4.90 Å². The number of ether oxygens (including phenoxy) is 1. The van der Waals surface area contributed by atoms with Crippen LogP contribution in [0, 0.1) is 6.92 Å². The summed E-state index contributed by atoms with van der Waals surface area (Å²) in [6, 6.07) is 12.0. The Hall–Kier alpha value is -2.38. The van der Waals surface area contributed by atoms with Crippen LogP contribution in [0.1, 0.15) is 50.3 Å². The van der Waals surface area contributed by atoms with E-state index in [0.717, 1.165) is 11.1 Å². The van der Waals surface area contributed by atoms with Crippen LogP contribution < -0.4 is 4.90 Å². The molecule has 0 aliphatic carbocycles. The second-order valence-electron chi connectivity index (χ2n) is 7.87. The van der Waals surface area contributed by atoms with E-state index in [1.54, 1.807) is 52.1 Å². The van der Waals surface area contributed by atoms with Crippen molar-refractivity contribution in [3.8, 4) is 0 Å². The van der Waals surface area contributed by atoms with Gasteiger partial charge in [0.1, 0.15) is 5.60 Å². The number of hydrogen-bond acceptors (Lipinski definition) is 4. The maximum atomic E-state index is 12.2. The summed E-state index contributed by atoms with van der Waals surface area (Å²) in [7, 11) is -2.69. The molecule has 0 saturated carbocycles. The van der Waals surface area contributed by atoms with Crippen LogP contribution >= 0.6 is 0 Å². The molecule has 152 valence electrons. The predicted octanol–water partition coefficient (Wildman–Crippen LogP) is 4.76. The van der Waals surface area contributed by atoms with Crippen LogP contribution in [-0.2, 0) is 14.9 Å². The van der Waals surface area contributed by atoms with Gasteiger partial charge in [0.2, 0.25) is 0 Å². The summed E-state index contributed by atoms with van der Waals surface area (Å²) in [4.78, 5) is 13.5. The molecule has 2 rings (SSSR count). The van der Waals surface area contributed by atoms with Crippen LogP contribution in [0.15, 0.2) is 47.4 Å². The summed E-state index contributed by atoms with van der Waals surface area (Å²) in [5.41, 5.74) is 2.35. The molecular formula is C21H27NO5S. The molecule has 0 bridgehead atoms. The third-order valence-corrected chi connectivity index (χ3v) is 5.29. The molecule has 1 unspecified atom stereocenters. The lowest BCUT2D eigenvalue weighted by atomic mass is 9.92. The molecule has 28 heavy (non-hydrogen) atoms. The highest BCUT2D eigenvalue weighted by molar-refractivity contribution is 7.85. The Bertz CT molecular complexity index is 959. The van der Waals surface area contributed by atoms with Crippen molar-refractivity contribution < 1.29 is 22.5 Å². The SMILES string of the molecule is Cc1ccc(S(=O)(=O)O)c(C(C)c2ccc(N(C)C(=O)OC(C)(C)C)cc2)c1. The first-order valence-electron chi connectivity index (χ1n) is 8.94. The normalized spacial score (nSPS) is 13.1. The standard InChI is InChI=1S/C21H27NO5S/c1-14-7-12-19(28(24,25)26)18(13-14)15(2)16-8-10-17(11-9-16)22(6)20(23)27-21(3,4)5/h7-13,15H,1-6H3,(H,24,25,26). The zero-order valence-electron chi connectivity index (χ0n) is 17.1. The zero-order chi connectivity index (χ0) is 21.3. The van der Waals surface area contributed by atoms with Crippen LogP contribution in [0.5, 0.6) is 0 Å². The largest absolute Gasteiger partial charge is 0.443 e. The average molecular weight is 406 g/mol. The molecule has 0 heterocycles. The van der Waals surface area contributed by atoms with E-state index in [4.69, 9.17) is 4.74 Å². The number of carbonyl (C=O) groups excluding carboxylic acids is 1. The van der Waals surface area contributed by atoms with Gasteiger partial charge in [0.25, 0.3) is 10.1 Å². The second kappa shape index (κ2) is 7.93. The van der Waals surface area contributed by atoms with Crippen molar-refractivity contribution in [2.45, 2.75) is 51.0 Å². The summed E-state index contributed by atoms with van der Waals surface area (Å²) in [6.07, 6.45) is -0.458. The summed E-state index contributed by atoms with van der Waals surface area (Å²) >= 11 is 0. The lowest BCUT2D eigenvalue weighted by molar-refractivity contribution is 0.0589. The van der Waals surface area contributed by atoms with Gasteiger partial charge in [-0.05, 0) is 57.0 Å². The quantitative estimate of drug-likeness (QED) is 0.741. The van der Waals surface area contributed by atoms with Crippen molar-refractivity contribution in [2.75, 3.05) is 11.9 Å². The number of hydrogen-bond donors (Lipinski definition) is 1. The van der Waals surface area contributed by atoms with E-state index in [-0.39, 0.29) is 10.8 Å². The molecule has 7 heteroatoms. The van der Waals surface area contributed by atoms with Crippen molar-refractivity contribution in [2.24, 2.45) is 0 Å². The highest BCUT2D eigenvalue weighted by Crippen LogP contribution is 2.31. The highest BCUT2D eigenvalue weighted by Gasteiger charge is 2.22. The minimum atomic E-state index is -4.32. The zero-order valence-corrected chi connectivity index (χ0v) is 17.9. The molecule has 0 aliphatic heterocycles. The molecule has 1 amide bonds. The summed E-state index contributed by atoms with van der Waals surface area (Å²) in [5.74, 6) is -0.266. The maximum Gasteiger partial charge on any atom is 0.414 e. The van der Waals surface area contributed by atoms with Crippen LogP contribution in [0.3, 0.4) is 0 Å². The van der Waals surface area contributed by atoms with Gasteiger partial charge in [-0.25, -0.2) is 4.79 Å². The first kappa shape index (κ1) is 21.9. The van der Waals surface area contributed by atoms with Gasteiger partial charge in [0, 0.05) is 18.7 Å². The molecular weight excluding hydrogens is 378 g/mol. The fourth-order valence-corrected chi connectivity index (χ4v) is 3.62. The number of carbonyl (C=O) groups is 1. The molecule has 0 saturated heterocycles. The number of anilines is 1. The number of nitrogens with zero attached hydrogens (tertiary/aromatic N) is 1. The molecule has 0 spiro atoms. The Morgan fingerprint density at radius 1 is 1.11 bits per heavy atom. The van der Waals surface area contributed by atoms with Crippen molar-refractivity contribution >= 4 is 21.9 Å². The number of aryl methyl sites for hydroxylation is 1. The molecule has 2 aromatic carbocycles. The van der Waals surface area contributed by atoms with Crippen LogP contribution in [-0.4, -0.2) is 31.7 Å². The van der Waals surface area contributed by atoms with Crippen LogP contribution in [0.2, 0.25) is 0 Å². The third kappa shape index (κ3) is 5.33. The summed E-state index contributed by atoms with van der Waals surface area (Å²) < 4.78 is 38.4. The average Bonchev–Trinajstić information content (AvgIpc) is 2.58. The van der Waals surface area contributed by atoms with Crippen molar-refractivity contribution in [1.82, 2.24) is 0 Å². The lowest BCUT2D eigenvalue weighted by Crippen LogP contribution is -2.34. The molecule has 0 aliphatic rings. The fourth-order valence-electron chi connectivity index (χ4n) is 2.84. The first-order valence-corrected chi connectivity index (χ1v) is 10.4. The minimum absolute atomic E-state index is 0.0967. The van der Waals surface area contributed by atoms with Crippen molar-refractivity contribution in [3.63, 3.8) is 0 Å².